The Hall–Kier alpha value is -6.94. The van der Waals surface area contributed by atoms with Crippen LogP contribution in [0, 0.1) is 29.2 Å². The van der Waals surface area contributed by atoms with Crippen molar-refractivity contribution in [2.75, 3.05) is 63.6 Å². The predicted molar refractivity (Wildman–Crippen MR) is 223 cm³/mol. The molecule has 66 heavy (non-hydrogen) atoms. The molecule has 18 nitrogen and oxygen atoms in total. The monoisotopic (exact) mass is 920 g/mol. The van der Waals surface area contributed by atoms with Crippen LogP contribution in [0.15, 0.2) is 58.4 Å². The number of ether oxygens (including phenoxy) is 3. The fraction of sp³-hybridized carbons (Fsp3) is 0.409. The molecule has 3 N–H and O–H groups in total. The van der Waals surface area contributed by atoms with E-state index in [1.165, 1.54) is 32.4 Å². The molecule has 1 saturated carbocycles. The number of carbonyl (C=O) groups excluding carboxylic acids is 4. The fourth-order valence-corrected chi connectivity index (χ4v) is 9.35. The molecule has 5 aliphatic rings. The Morgan fingerprint density at radius 3 is 1.76 bits per heavy atom. The van der Waals surface area contributed by atoms with Crippen molar-refractivity contribution in [1.82, 2.24) is 29.8 Å². The van der Waals surface area contributed by atoms with Crippen molar-refractivity contribution in [2.24, 2.45) is 5.92 Å². The summed E-state index contributed by atoms with van der Waals surface area (Å²) in [6.45, 7) is 1.90. The first-order valence-corrected chi connectivity index (χ1v) is 21.2. The lowest BCUT2D eigenvalue weighted by molar-refractivity contribution is 0.0291. The highest BCUT2D eigenvalue weighted by atomic mass is 19.1. The van der Waals surface area contributed by atoms with Crippen LogP contribution in [0.1, 0.15) is 79.0 Å². The van der Waals surface area contributed by atoms with E-state index in [1.54, 1.807) is 17.1 Å². The number of nitrogens with one attached hydrogen (secondary N) is 2. The highest BCUT2D eigenvalue weighted by Crippen LogP contribution is 2.43. The van der Waals surface area contributed by atoms with Gasteiger partial charge in [-0.1, -0.05) is 12.1 Å². The van der Waals surface area contributed by atoms with Gasteiger partial charge in [0.05, 0.1) is 26.4 Å². The van der Waals surface area contributed by atoms with Crippen molar-refractivity contribution in [3.63, 3.8) is 0 Å². The van der Waals surface area contributed by atoms with Crippen LogP contribution in [0.3, 0.4) is 0 Å². The van der Waals surface area contributed by atoms with Gasteiger partial charge in [-0.25, -0.2) is 17.6 Å². The summed E-state index contributed by atoms with van der Waals surface area (Å²) in [6.07, 6.45) is 2.45. The zero-order chi connectivity index (χ0) is 47.0. The summed E-state index contributed by atoms with van der Waals surface area (Å²) in [5.41, 5.74) is -6.09. The van der Waals surface area contributed by atoms with Crippen LogP contribution >= 0.6 is 0 Å². The highest BCUT2D eigenvalue weighted by Gasteiger charge is 2.56. The van der Waals surface area contributed by atoms with Crippen LogP contribution in [0.2, 0.25) is 0 Å². The lowest BCUT2D eigenvalue weighted by Crippen LogP contribution is -2.70. The first-order valence-electron chi connectivity index (χ1n) is 21.2. The fourth-order valence-electron chi connectivity index (χ4n) is 9.35. The number of hydrogen-bond acceptors (Lipinski definition) is 12. The molecule has 4 atom stereocenters. The van der Waals surface area contributed by atoms with Gasteiger partial charge in [0.2, 0.25) is 10.9 Å². The maximum absolute atomic E-state index is 14.6. The molecular weight excluding hydrogens is 877 g/mol. The molecule has 2 aromatic heterocycles. The Kier molecular flexibility index (Phi) is 11.1. The van der Waals surface area contributed by atoms with Crippen molar-refractivity contribution >= 4 is 23.6 Å². The first kappa shape index (κ1) is 44.3. The number of nitrogens with zero attached hydrogens (tertiary/aromatic N) is 6. The number of aromatic hydroxyl groups is 1. The Labute approximate surface area is 372 Å². The second-order valence-corrected chi connectivity index (χ2v) is 16.9. The zero-order valence-corrected chi connectivity index (χ0v) is 35.9. The quantitative estimate of drug-likeness (QED) is 0.185. The predicted octanol–water partition coefficient (Wildman–Crippen LogP) is 1.90. The van der Waals surface area contributed by atoms with Gasteiger partial charge in [-0.05, 0) is 25.5 Å². The Bertz CT molecular complexity index is 2830. The highest BCUT2D eigenvalue weighted by molar-refractivity contribution is 6.01. The van der Waals surface area contributed by atoms with Gasteiger partial charge in [0.25, 0.3) is 23.6 Å². The lowest BCUT2D eigenvalue weighted by Gasteiger charge is -2.52. The molecule has 4 unspecified atom stereocenters. The maximum atomic E-state index is 14.6. The van der Waals surface area contributed by atoms with Crippen molar-refractivity contribution < 1.29 is 56.1 Å². The Balaban J connectivity index is 1.06. The SMILES string of the molecule is CCN1n2cc(C(=O)NCc3ccc(F)cc3F)c(=O)c(OC3CC3CN3n4cc(C(=O)NCc5ccc(F)cc5F)c(=O)c(O)c4C(=O)N(C)C34CCOC4)c2C(=O)N(C)C12CCOC2. The molecule has 2 spiro atoms. The number of hydrogen-bond donors (Lipinski definition) is 3. The number of carbonyl (C=O) groups is 4. The Morgan fingerprint density at radius 2 is 1.26 bits per heavy atom. The normalized spacial score (nSPS) is 23.1. The Morgan fingerprint density at radius 1 is 0.758 bits per heavy atom. The van der Waals surface area contributed by atoms with Crippen LogP contribution < -0.4 is 36.2 Å². The smallest absolute Gasteiger partial charge is 0.278 e. The van der Waals surface area contributed by atoms with E-state index in [0.717, 1.165) is 30.5 Å². The molecule has 4 aliphatic heterocycles. The van der Waals surface area contributed by atoms with Crippen LogP contribution in [-0.2, 0) is 22.6 Å². The third-order valence-electron chi connectivity index (χ3n) is 13.2. The first-order chi connectivity index (χ1) is 31.5. The minimum Gasteiger partial charge on any atom is -0.502 e. The van der Waals surface area contributed by atoms with Gasteiger partial charge in [0, 0.05) is 94.7 Å². The molecule has 0 radical (unpaired) electrons. The van der Waals surface area contributed by atoms with Crippen LogP contribution in [0.25, 0.3) is 0 Å². The van der Waals surface area contributed by atoms with Gasteiger partial charge in [0.1, 0.15) is 40.5 Å². The number of fused-ring (bicyclic) bond motifs is 2. The van der Waals surface area contributed by atoms with Crippen LogP contribution in [0.4, 0.5) is 17.6 Å². The van der Waals surface area contributed by atoms with Gasteiger partial charge >= 0.3 is 0 Å². The molecule has 1 aliphatic carbocycles. The molecule has 9 rings (SSSR count). The number of amides is 4. The van der Waals surface area contributed by atoms with E-state index in [0.29, 0.717) is 25.2 Å². The van der Waals surface area contributed by atoms with E-state index in [9.17, 15) is 51.4 Å². The summed E-state index contributed by atoms with van der Waals surface area (Å²) in [6, 6.07) is 5.61. The van der Waals surface area contributed by atoms with Crippen LogP contribution in [0.5, 0.6) is 11.5 Å². The average Bonchev–Trinajstić information content (AvgIpc) is 3.58. The minimum absolute atomic E-state index is 0.00509. The van der Waals surface area contributed by atoms with Gasteiger partial charge in [-0.15, -0.1) is 0 Å². The summed E-state index contributed by atoms with van der Waals surface area (Å²) in [5, 5.41) is 19.7. The molecule has 0 bridgehead atoms. The van der Waals surface area contributed by atoms with Crippen molar-refractivity contribution in [1.29, 1.82) is 0 Å². The number of likely N-dealkylation sites (N-methyl/N-ethyl adjacent to an activating group) is 3. The number of benzene rings is 2. The lowest BCUT2D eigenvalue weighted by atomic mass is 10.0. The number of aromatic nitrogens is 2. The van der Waals surface area contributed by atoms with Crippen LogP contribution in [-0.4, -0.2) is 119 Å². The van der Waals surface area contributed by atoms with E-state index in [1.807, 2.05) is 6.92 Å². The van der Waals surface area contributed by atoms with Crippen molar-refractivity contribution in [2.45, 2.75) is 56.7 Å². The molecule has 4 amide bonds. The summed E-state index contributed by atoms with van der Waals surface area (Å²) < 4.78 is 76.8. The molecule has 22 heteroatoms. The maximum Gasteiger partial charge on any atom is 0.278 e. The van der Waals surface area contributed by atoms with Crippen molar-refractivity contribution in [3.05, 3.63) is 126 Å². The molecule has 2 saturated heterocycles. The third-order valence-corrected chi connectivity index (χ3v) is 13.2. The molecule has 4 aromatic rings. The summed E-state index contributed by atoms with van der Waals surface area (Å²) in [5.74, 6) is -8.72. The summed E-state index contributed by atoms with van der Waals surface area (Å²) in [7, 11) is 3.06. The minimum atomic E-state index is -1.22. The summed E-state index contributed by atoms with van der Waals surface area (Å²) in [4.78, 5) is 86.5. The molecule has 6 heterocycles. The van der Waals surface area contributed by atoms with Gasteiger partial charge in [0.15, 0.2) is 34.2 Å². The molecule has 2 aromatic carbocycles. The molecule has 348 valence electrons. The zero-order valence-electron chi connectivity index (χ0n) is 35.9. The number of pyridine rings is 2. The van der Waals surface area contributed by atoms with Gasteiger partial charge in [-0.2, -0.15) is 0 Å². The molecular formula is C44H44F4N8O10. The standard InChI is InChI=1S/C44H44F4N8O10/c1-4-55-43(9-11-64-21-43)52(3)42(63)34-38(36(58)29(20-54(34)55)40(61)50-17-24-6-8-27(46)15-31(24)48)66-32-13-25(32)18-56-44(10-12-65-22-44)51(2)41(62)33-37(59)35(57)28(19-53(33)56)39(60)49-16-23-5-7-26(45)14-30(23)47/h5-8,14-15,19-20,25,32,59H,4,9-13,16-18,21-22H2,1-3H3,(H,49,60)(H,50,61). The van der Waals surface area contributed by atoms with E-state index in [4.69, 9.17) is 14.2 Å². The third kappa shape index (κ3) is 7.09. The summed E-state index contributed by atoms with van der Waals surface area (Å²) >= 11 is 0. The van der Waals surface area contributed by atoms with Gasteiger partial charge < -0.3 is 39.8 Å². The van der Waals surface area contributed by atoms with Gasteiger partial charge in [-0.3, -0.25) is 48.1 Å². The number of rotatable bonds is 11. The second kappa shape index (κ2) is 16.5. The van der Waals surface area contributed by atoms with E-state index >= 15 is 0 Å². The average molecular weight is 921 g/mol. The largest absolute Gasteiger partial charge is 0.502 e. The van der Waals surface area contributed by atoms with E-state index in [-0.39, 0.29) is 62.6 Å². The topological polar surface area (TPSA) is 197 Å². The van der Waals surface area contributed by atoms with Crippen molar-refractivity contribution in [3.8, 4) is 11.5 Å². The van der Waals surface area contributed by atoms with E-state index in [2.05, 4.69) is 10.6 Å². The second-order valence-electron chi connectivity index (χ2n) is 16.9. The number of halogens is 4. The van der Waals surface area contributed by atoms with E-state index < -0.39 is 123 Å². The molecule has 3 fully saturated rings.